The molecule has 13 heteroatoms. The highest BCUT2D eigenvalue weighted by molar-refractivity contribution is 8.01. The van der Waals surface area contributed by atoms with Crippen LogP contribution in [0.25, 0.3) is 0 Å². The van der Waals surface area contributed by atoms with Gasteiger partial charge in [-0.1, -0.05) is 30.0 Å². The van der Waals surface area contributed by atoms with Crippen LogP contribution in [0.15, 0.2) is 4.34 Å². The minimum absolute atomic E-state index is 0.235. The van der Waals surface area contributed by atoms with Crippen molar-refractivity contribution in [1.82, 2.24) is 10.2 Å². The zero-order valence-corrected chi connectivity index (χ0v) is 11.6. The normalized spacial score (nSPS) is 13.3. The molecule has 21 heavy (non-hydrogen) atoms. The maximum absolute atomic E-state index is 13.0. The Morgan fingerprint density at radius 1 is 1.19 bits per heavy atom. The van der Waals surface area contributed by atoms with Crippen molar-refractivity contribution >= 4 is 34.1 Å². The van der Waals surface area contributed by atoms with Gasteiger partial charge in [-0.05, 0) is 5.75 Å². The molecule has 120 valence electrons. The average molecular weight is 357 g/mol. The number of rotatable bonds is 5. The minimum atomic E-state index is -6.57. The molecule has 0 saturated carbocycles. The predicted octanol–water partition coefficient (Wildman–Crippen LogP) is 3.42. The lowest BCUT2D eigenvalue weighted by molar-refractivity contribution is -0.343. The Morgan fingerprint density at radius 3 is 2.24 bits per heavy atom. The van der Waals surface area contributed by atoms with Gasteiger partial charge in [0.15, 0.2) is 4.34 Å². The molecule has 1 aromatic heterocycles. The minimum Gasteiger partial charge on any atom is -0.295 e. The summed E-state index contributed by atoms with van der Waals surface area (Å²) in [5.74, 6) is -14.8. The van der Waals surface area contributed by atoms with E-state index in [1.54, 1.807) is 6.92 Å². The zero-order chi connectivity index (χ0) is 16.5. The summed E-state index contributed by atoms with van der Waals surface area (Å²) in [6, 6.07) is 0. The van der Waals surface area contributed by atoms with Crippen LogP contribution in [0.5, 0.6) is 0 Å². The number of nitrogens with one attached hydrogen (secondary N) is 1. The molecular formula is C8H6F7N3OS2. The second-order valence-electron chi connectivity index (χ2n) is 3.41. The Bertz CT molecular complexity index is 516. The van der Waals surface area contributed by atoms with Gasteiger partial charge in [-0.3, -0.25) is 10.1 Å². The third-order valence-electron chi connectivity index (χ3n) is 1.93. The third-order valence-corrected chi connectivity index (χ3v) is 3.78. The molecule has 1 heterocycles. The SMILES string of the molecule is CCSc1nnc(NC(=O)C(F)(F)C(F)(F)C(F)(F)F)s1. The van der Waals surface area contributed by atoms with Crippen LogP contribution in [-0.2, 0) is 4.79 Å². The van der Waals surface area contributed by atoms with Crippen LogP contribution in [0.1, 0.15) is 6.92 Å². The maximum Gasteiger partial charge on any atom is 0.460 e. The molecule has 4 nitrogen and oxygen atoms in total. The molecular weight excluding hydrogens is 351 g/mol. The zero-order valence-electron chi connectivity index (χ0n) is 9.97. The first-order chi connectivity index (χ1) is 9.43. The predicted molar refractivity (Wildman–Crippen MR) is 60.9 cm³/mol. The molecule has 0 aromatic carbocycles. The topological polar surface area (TPSA) is 54.9 Å². The molecule has 0 aliphatic heterocycles. The molecule has 1 rings (SSSR count). The number of amides is 1. The van der Waals surface area contributed by atoms with E-state index >= 15 is 0 Å². The Balaban J connectivity index is 2.91. The van der Waals surface area contributed by atoms with Crippen molar-refractivity contribution in [2.45, 2.75) is 29.3 Å². The first-order valence-corrected chi connectivity index (χ1v) is 6.83. The first-order valence-electron chi connectivity index (χ1n) is 5.03. The second-order valence-corrected chi connectivity index (χ2v) is 5.90. The standard InChI is InChI=1S/C8H6F7N3OS2/c1-2-20-5-18-17-4(21-5)16-3(19)6(9,10)7(11,12)8(13,14)15/h2H2,1H3,(H,16,17,19). The molecule has 0 bridgehead atoms. The van der Waals surface area contributed by atoms with Crippen molar-refractivity contribution in [2.75, 3.05) is 11.1 Å². The Morgan fingerprint density at radius 2 is 1.76 bits per heavy atom. The number of carbonyl (C=O) groups excluding carboxylic acids is 1. The fourth-order valence-corrected chi connectivity index (χ4v) is 2.58. The summed E-state index contributed by atoms with van der Waals surface area (Å²) < 4.78 is 87.1. The van der Waals surface area contributed by atoms with Crippen LogP contribution < -0.4 is 5.32 Å². The largest absolute Gasteiger partial charge is 0.460 e. The summed E-state index contributed by atoms with van der Waals surface area (Å²) in [6.07, 6.45) is -6.57. The first kappa shape index (κ1) is 17.9. The summed E-state index contributed by atoms with van der Waals surface area (Å²) >= 11 is 1.69. The molecule has 1 amide bonds. The van der Waals surface area contributed by atoms with Gasteiger partial charge in [-0.15, -0.1) is 10.2 Å². The van der Waals surface area contributed by atoms with Crippen molar-refractivity contribution in [3.8, 4) is 0 Å². The number of carbonyl (C=O) groups is 1. The molecule has 0 aliphatic carbocycles. The van der Waals surface area contributed by atoms with E-state index in [4.69, 9.17) is 0 Å². The number of nitrogens with zero attached hydrogens (tertiary/aromatic N) is 2. The van der Waals surface area contributed by atoms with Crippen LogP contribution in [-0.4, -0.2) is 39.9 Å². The number of hydrogen-bond acceptors (Lipinski definition) is 5. The van der Waals surface area contributed by atoms with Crippen molar-refractivity contribution in [1.29, 1.82) is 0 Å². The lowest BCUT2D eigenvalue weighted by atomic mass is 10.1. The van der Waals surface area contributed by atoms with E-state index in [9.17, 15) is 35.5 Å². The lowest BCUT2D eigenvalue weighted by Crippen LogP contribution is -2.57. The van der Waals surface area contributed by atoms with Gasteiger partial charge in [0, 0.05) is 0 Å². The summed E-state index contributed by atoms with van der Waals surface area (Å²) in [4.78, 5) is 11.0. The molecule has 1 N–H and O–H groups in total. The third kappa shape index (κ3) is 3.56. The smallest absolute Gasteiger partial charge is 0.295 e. The number of halogens is 7. The van der Waals surface area contributed by atoms with Crippen molar-refractivity contribution in [2.24, 2.45) is 0 Å². The quantitative estimate of drug-likeness (QED) is 0.498. The van der Waals surface area contributed by atoms with Crippen molar-refractivity contribution < 1.29 is 35.5 Å². The molecule has 1 aromatic rings. The molecule has 0 aliphatic rings. The van der Waals surface area contributed by atoms with Gasteiger partial charge in [-0.25, -0.2) is 0 Å². The number of alkyl halides is 7. The van der Waals surface area contributed by atoms with E-state index in [-0.39, 0.29) is 4.34 Å². The summed E-state index contributed by atoms with van der Waals surface area (Å²) in [6.45, 7) is 1.72. The molecule has 0 radical (unpaired) electrons. The lowest BCUT2D eigenvalue weighted by Gasteiger charge is -2.26. The van der Waals surface area contributed by atoms with Gasteiger partial charge in [0.25, 0.3) is 0 Å². The van der Waals surface area contributed by atoms with Gasteiger partial charge in [0.1, 0.15) is 0 Å². The van der Waals surface area contributed by atoms with Gasteiger partial charge in [0.2, 0.25) is 5.13 Å². The van der Waals surface area contributed by atoms with E-state index in [1.807, 2.05) is 0 Å². The van der Waals surface area contributed by atoms with Crippen LogP contribution in [0, 0.1) is 0 Å². The highest BCUT2D eigenvalue weighted by Crippen LogP contribution is 2.47. The summed E-state index contributed by atoms with van der Waals surface area (Å²) in [5.41, 5.74) is 0. The number of anilines is 1. The number of aromatic nitrogens is 2. The Hall–Kier alpha value is -1.11. The fraction of sp³-hybridized carbons (Fsp3) is 0.625. The van der Waals surface area contributed by atoms with Crippen LogP contribution in [0.2, 0.25) is 0 Å². The number of thioether (sulfide) groups is 1. The highest BCUT2D eigenvalue weighted by Gasteiger charge is 2.76. The maximum atomic E-state index is 13.0. The summed E-state index contributed by atoms with van der Waals surface area (Å²) in [5, 5.41) is 7.20. The van der Waals surface area contributed by atoms with Gasteiger partial charge in [-0.2, -0.15) is 30.7 Å². The van der Waals surface area contributed by atoms with E-state index in [0.717, 1.165) is 11.8 Å². The second kappa shape index (κ2) is 5.94. The Kier molecular flexibility index (Phi) is 5.08. The molecule has 0 fully saturated rings. The van der Waals surface area contributed by atoms with Crippen LogP contribution in [0.3, 0.4) is 0 Å². The molecule has 0 saturated heterocycles. The molecule has 0 unspecified atom stereocenters. The van der Waals surface area contributed by atoms with Crippen LogP contribution in [0.4, 0.5) is 35.9 Å². The number of hydrogen-bond donors (Lipinski definition) is 1. The van der Waals surface area contributed by atoms with E-state index in [2.05, 4.69) is 10.2 Å². The highest BCUT2D eigenvalue weighted by atomic mass is 32.2. The van der Waals surface area contributed by atoms with E-state index < -0.39 is 29.1 Å². The fourth-order valence-electron chi connectivity index (χ4n) is 0.938. The van der Waals surface area contributed by atoms with Crippen LogP contribution >= 0.6 is 23.1 Å². The molecule has 0 spiro atoms. The van der Waals surface area contributed by atoms with Gasteiger partial charge < -0.3 is 0 Å². The summed E-state index contributed by atoms with van der Waals surface area (Å²) in [7, 11) is 0. The average Bonchev–Trinajstić information content (AvgIpc) is 2.75. The molecule has 0 atom stereocenters. The monoisotopic (exact) mass is 357 g/mol. The van der Waals surface area contributed by atoms with E-state index in [0.29, 0.717) is 17.1 Å². The van der Waals surface area contributed by atoms with Gasteiger partial charge in [0.05, 0.1) is 0 Å². The van der Waals surface area contributed by atoms with Gasteiger partial charge >= 0.3 is 23.9 Å². The van der Waals surface area contributed by atoms with Crippen molar-refractivity contribution in [3.05, 3.63) is 0 Å². The Labute approximate surface area is 121 Å². The van der Waals surface area contributed by atoms with Crippen molar-refractivity contribution in [3.63, 3.8) is 0 Å². The van der Waals surface area contributed by atoms with E-state index in [1.165, 1.54) is 5.32 Å².